The summed E-state index contributed by atoms with van der Waals surface area (Å²) in [5.74, 6) is 0. The number of pyridine rings is 4. The maximum absolute atomic E-state index is 10.7. The minimum absolute atomic E-state index is 0. The number of halogens is 10. The van der Waals surface area contributed by atoms with E-state index in [4.69, 9.17) is 46.4 Å². The molecular weight excluding hydrogens is 1500 g/mol. The molecule has 0 saturated carbocycles. The fraction of sp³-hybridized carbons (Fsp3) is 0.128. The Bertz CT molecular complexity index is 3890. The normalized spacial score (nSPS) is 11.5. The molecule has 4 aromatic heterocycles. The first-order chi connectivity index (χ1) is 45.2. The molecule has 0 atom stereocenters. The average molecular weight is 1570 g/mol. The van der Waals surface area contributed by atoms with Crippen molar-refractivity contribution in [1.82, 2.24) is 19.9 Å². The summed E-state index contributed by atoms with van der Waals surface area (Å²) in [6, 6.07) is 98.3. The summed E-state index contributed by atoms with van der Waals surface area (Å²) in [5, 5.41) is 0.389. The van der Waals surface area contributed by atoms with Crippen molar-refractivity contribution in [2.24, 2.45) is 0 Å². The number of para-hydroxylation sites is 4. The molecular formula is C78H70Cl4F6IrN6P. The summed E-state index contributed by atoms with van der Waals surface area (Å²) in [5.41, 5.74) is 19.9. The number of hydrogen-bond acceptors (Lipinski definition) is 6. The van der Waals surface area contributed by atoms with E-state index in [0.717, 1.165) is 90.3 Å². The third-order valence-corrected chi connectivity index (χ3v) is 14.0. The number of aromatic nitrogens is 4. The molecule has 0 radical (unpaired) electrons. The van der Waals surface area contributed by atoms with Crippen molar-refractivity contribution in [3.8, 4) is 56.2 Å². The van der Waals surface area contributed by atoms with Crippen LogP contribution in [0, 0.1) is 12.1 Å². The Hall–Kier alpha value is -8.22. The van der Waals surface area contributed by atoms with E-state index in [2.05, 4.69) is 265 Å². The second kappa shape index (κ2) is 35.2. The van der Waals surface area contributed by atoms with Crippen LogP contribution in [0.2, 0.25) is 0 Å². The maximum atomic E-state index is 9.87. The van der Waals surface area contributed by atoms with Gasteiger partial charge >= 0.3 is 53.1 Å². The zero-order chi connectivity index (χ0) is 68.6. The molecule has 0 bridgehead atoms. The molecule has 496 valence electrons. The molecule has 4 heterocycles. The molecule has 96 heavy (non-hydrogen) atoms. The fourth-order valence-corrected chi connectivity index (χ4v) is 9.50. The number of nitrogens with zero attached hydrogens (tertiary/aromatic N) is 6. The summed E-state index contributed by atoms with van der Waals surface area (Å²) in [7, 11) is -10.7. The van der Waals surface area contributed by atoms with Gasteiger partial charge in [0, 0.05) is 58.9 Å². The van der Waals surface area contributed by atoms with Gasteiger partial charge < -0.3 is 19.8 Å². The number of alkyl halides is 4. The molecule has 6 nitrogen and oxygen atoms in total. The quantitative estimate of drug-likeness (QED) is 0.0557. The summed E-state index contributed by atoms with van der Waals surface area (Å²) < 4.78 is 59.2. The molecule has 8 aromatic carbocycles. The molecule has 0 aliphatic rings. The van der Waals surface area contributed by atoms with Crippen molar-refractivity contribution in [3.63, 3.8) is 0 Å². The van der Waals surface area contributed by atoms with Gasteiger partial charge in [-0.15, -0.1) is 118 Å². The zero-order valence-electron chi connectivity index (χ0n) is 53.4. The molecule has 18 heteroatoms. The van der Waals surface area contributed by atoms with Crippen LogP contribution >= 0.6 is 54.2 Å². The van der Waals surface area contributed by atoms with E-state index in [9.17, 15) is 25.2 Å². The third kappa shape index (κ3) is 25.4. The Morgan fingerprint density at radius 1 is 0.323 bits per heavy atom. The summed E-state index contributed by atoms with van der Waals surface area (Å²) >= 11 is 19.1. The van der Waals surface area contributed by atoms with Crippen molar-refractivity contribution in [1.29, 1.82) is 0 Å². The van der Waals surface area contributed by atoms with Gasteiger partial charge in [-0.2, -0.15) is 0 Å². The number of rotatable bonds is 11. The van der Waals surface area contributed by atoms with Crippen LogP contribution in [0.1, 0.15) is 52.7 Å². The van der Waals surface area contributed by atoms with Gasteiger partial charge in [0.05, 0.1) is 22.1 Å². The van der Waals surface area contributed by atoms with Crippen LogP contribution in [0.4, 0.5) is 59.3 Å². The van der Waals surface area contributed by atoms with E-state index >= 15 is 0 Å². The third-order valence-electron chi connectivity index (χ3n) is 14.0. The molecule has 0 aliphatic heterocycles. The Kier molecular flexibility index (Phi) is 28.1. The molecule has 12 aromatic rings. The van der Waals surface area contributed by atoms with Gasteiger partial charge in [-0.1, -0.05) is 151 Å². The zero-order valence-corrected chi connectivity index (χ0v) is 59.7. The minimum Gasteiger partial charge on any atom is -0.311 e. The number of hydrogen-bond donors (Lipinski definition) is 0. The topological polar surface area (TPSA) is 58.0 Å². The maximum Gasteiger partial charge on any atom is 3.00 e. The Balaban J connectivity index is 0.000000211. The SMILES string of the molecule is CC(C)(C)c1ccnc(-c2cc(C(C)(C)C)ccn2)c1.ClCCl.ClCCl.F[P-](F)(F)(F)(F)F.[Ir+3].[c-]1ccccc1-c1cc(-c2ccc(N(c3ccccc3)c3ccccc3)cc2)ccn1.[c-]1ccccc1-c1cc(-c2ccc(N(c3ccccc3)c3ccccc3)cc2)ccn1. The average Bonchev–Trinajstić information content (AvgIpc) is 0.811. The standard InChI is InChI=1S/2C29H21N2.C18H24N2.2CH2Cl2.F6P.Ir/c2*1-4-10-24(11-5-1)29-22-25(20-21-30-29)23-16-18-28(19-17-23)31(26-12-6-2-7-13-26)27-14-8-3-9-15-27;1-17(2,3)13-7-9-19-15(11-13)16-12-14(8-10-20-16)18(4,5)6;2*2-1-3;1-7(2,3,4,5)6;/h2*1-10,12-22H;7-12H,1-6H3;2*1H2;;/q2*-1;;;;-1;+3. The first-order valence-electron chi connectivity index (χ1n) is 29.8. The van der Waals surface area contributed by atoms with Crippen molar-refractivity contribution < 1.29 is 45.3 Å². The molecule has 0 saturated heterocycles. The first kappa shape index (κ1) is 76.8. The van der Waals surface area contributed by atoms with E-state index in [1.54, 1.807) is 0 Å². The number of benzene rings is 8. The minimum atomic E-state index is -10.7. The summed E-state index contributed by atoms with van der Waals surface area (Å²) in [4.78, 5) is 22.5. The number of anilines is 6. The van der Waals surface area contributed by atoms with Crippen LogP contribution < -0.4 is 9.80 Å². The molecule has 0 fully saturated rings. The molecule has 0 N–H and O–H groups in total. The molecule has 0 spiro atoms. The molecule has 0 aliphatic carbocycles. The van der Waals surface area contributed by atoms with Gasteiger partial charge in [0.1, 0.15) is 0 Å². The predicted molar refractivity (Wildman–Crippen MR) is 389 cm³/mol. The van der Waals surface area contributed by atoms with E-state index in [1.807, 2.05) is 110 Å². The van der Waals surface area contributed by atoms with Crippen LogP contribution in [0.25, 0.3) is 56.2 Å². The van der Waals surface area contributed by atoms with Crippen LogP contribution in [0.15, 0.2) is 292 Å². The summed E-state index contributed by atoms with van der Waals surface area (Å²) in [6.07, 6.45) is 7.47. The van der Waals surface area contributed by atoms with E-state index < -0.39 is 7.81 Å². The van der Waals surface area contributed by atoms with Crippen molar-refractivity contribution in [3.05, 3.63) is 315 Å². The van der Waals surface area contributed by atoms with E-state index in [0.29, 0.717) is 0 Å². The van der Waals surface area contributed by atoms with Crippen molar-refractivity contribution in [2.75, 3.05) is 20.5 Å². The smallest absolute Gasteiger partial charge is 0.311 e. The Morgan fingerprint density at radius 3 is 0.833 bits per heavy atom. The van der Waals surface area contributed by atoms with Crippen molar-refractivity contribution >= 4 is 88.3 Å². The van der Waals surface area contributed by atoms with Crippen LogP contribution in [-0.2, 0) is 30.9 Å². The molecule has 0 unspecified atom stereocenters. The van der Waals surface area contributed by atoms with Crippen LogP contribution in [0.3, 0.4) is 0 Å². The van der Waals surface area contributed by atoms with Crippen LogP contribution in [0.5, 0.6) is 0 Å². The predicted octanol–water partition coefficient (Wildman–Crippen LogP) is 26.3. The van der Waals surface area contributed by atoms with Gasteiger partial charge in [-0.3, -0.25) is 9.97 Å². The largest absolute Gasteiger partial charge is 3.00 e. The van der Waals surface area contributed by atoms with Gasteiger partial charge in [0.15, 0.2) is 0 Å². The monoisotopic (exact) mass is 1570 g/mol. The Labute approximate surface area is 593 Å². The molecule has 0 amide bonds. The summed E-state index contributed by atoms with van der Waals surface area (Å²) in [6.45, 7) is 13.3. The van der Waals surface area contributed by atoms with E-state index in [-0.39, 0.29) is 41.6 Å². The van der Waals surface area contributed by atoms with Gasteiger partial charge in [-0.25, -0.2) is 0 Å². The first-order valence-corrected chi connectivity index (χ1v) is 34.0. The van der Waals surface area contributed by atoms with Gasteiger partial charge in [-0.05, 0) is 165 Å². The Morgan fingerprint density at radius 2 is 0.573 bits per heavy atom. The van der Waals surface area contributed by atoms with Gasteiger partial charge in [0.2, 0.25) is 0 Å². The van der Waals surface area contributed by atoms with Gasteiger partial charge in [0.25, 0.3) is 0 Å². The second-order valence-electron chi connectivity index (χ2n) is 23.0. The van der Waals surface area contributed by atoms with E-state index in [1.165, 1.54) is 11.1 Å². The second-order valence-corrected chi connectivity index (χ2v) is 26.6. The molecule has 12 rings (SSSR count). The fourth-order valence-electron chi connectivity index (χ4n) is 9.50. The van der Waals surface area contributed by atoms with Crippen LogP contribution in [-0.4, -0.2) is 30.6 Å². The van der Waals surface area contributed by atoms with Crippen molar-refractivity contribution in [2.45, 2.75) is 52.4 Å².